The van der Waals surface area contributed by atoms with E-state index < -0.39 is 0 Å². The smallest absolute Gasteiger partial charge is 0.258 e. The SMILES string of the molecule is CC(C)N1C[C@@H](CN(C)Cc2ccc(Cl)cc2)Oc2c(NC(=O)c3ccccc3)cccc2C1=O. The summed E-state index contributed by atoms with van der Waals surface area (Å²) in [5, 5.41) is 3.64. The van der Waals surface area contributed by atoms with Crippen molar-refractivity contribution in [1.82, 2.24) is 9.80 Å². The summed E-state index contributed by atoms with van der Waals surface area (Å²) >= 11 is 6.02. The van der Waals surface area contributed by atoms with Crippen LogP contribution in [-0.4, -0.2) is 53.9 Å². The molecule has 4 rings (SSSR count). The van der Waals surface area contributed by atoms with Gasteiger partial charge in [0.1, 0.15) is 6.10 Å². The fraction of sp³-hybridized carbons (Fsp3) is 0.286. The van der Waals surface area contributed by atoms with Gasteiger partial charge in [0, 0.05) is 29.7 Å². The van der Waals surface area contributed by atoms with Gasteiger partial charge in [-0.05, 0) is 62.9 Å². The van der Waals surface area contributed by atoms with Gasteiger partial charge in [-0.2, -0.15) is 0 Å². The summed E-state index contributed by atoms with van der Waals surface area (Å²) in [5.41, 5.74) is 2.61. The minimum atomic E-state index is -0.283. The van der Waals surface area contributed by atoms with E-state index in [0.717, 1.165) is 5.56 Å². The molecule has 2 amide bonds. The number of nitrogens with one attached hydrogen (secondary N) is 1. The van der Waals surface area contributed by atoms with Gasteiger partial charge in [0.15, 0.2) is 5.75 Å². The Hall–Kier alpha value is -3.35. The topological polar surface area (TPSA) is 61.9 Å². The third-order valence-corrected chi connectivity index (χ3v) is 6.23. The Kier molecular flexibility index (Phi) is 7.73. The van der Waals surface area contributed by atoms with Gasteiger partial charge in [-0.15, -0.1) is 0 Å². The van der Waals surface area contributed by atoms with Crippen molar-refractivity contribution in [1.29, 1.82) is 0 Å². The van der Waals surface area contributed by atoms with Crippen molar-refractivity contribution in [2.45, 2.75) is 32.5 Å². The second-order valence-corrected chi connectivity index (χ2v) is 9.55. The van der Waals surface area contributed by atoms with Crippen molar-refractivity contribution >= 4 is 29.1 Å². The second-order valence-electron chi connectivity index (χ2n) is 9.12. The highest BCUT2D eigenvalue weighted by Crippen LogP contribution is 2.34. The number of hydrogen-bond donors (Lipinski definition) is 1. The summed E-state index contributed by atoms with van der Waals surface area (Å²) in [4.78, 5) is 30.3. The van der Waals surface area contributed by atoms with E-state index in [4.69, 9.17) is 16.3 Å². The fourth-order valence-corrected chi connectivity index (χ4v) is 4.36. The molecule has 0 unspecified atom stereocenters. The van der Waals surface area contributed by atoms with Crippen molar-refractivity contribution in [2.75, 3.05) is 25.5 Å². The molecule has 1 aliphatic heterocycles. The molecular formula is C28H30ClN3O3. The Balaban J connectivity index is 1.59. The van der Waals surface area contributed by atoms with Gasteiger partial charge >= 0.3 is 0 Å². The minimum absolute atomic E-state index is 0.00341. The number of rotatable bonds is 7. The highest BCUT2D eigenvalue weighted by Gasteiger charge is 2.32. The van der Waals surface area contributed by atoms with Crippen LogP contribution >= 0.6 is 11.6 Å². The van der Waals surface area contributed by atoms with Crippen LogP contribution in [0.1, 0.15) is 40.1 Å². The first kappa shape index (κ1) is 24.8. The third kappa shape index (κ3) is 6.02. The van der Waals surface area contributed by atoms with Gasteiger partial charge in [0.05, 0.1) is 17.8 Å². The average Bonchev–Trinajstić information content (AvgIpc) is 2.98. The molecule has 1 aliphatic rings. The molecule has 0 radical (unpaired) electrons. The normalized spacial score (nSPS) is 15.5. The molecule has 0 bridgehead atoms. The second kappa shape index (κ2) is 10.9. The third-order valence-electron chi connectivity index (χ3n) is 5.98. The van der Waals surface area contributed by atoms with E-state index in [1.165, 1.54) is 0 Å². The molecule has 6 nitrogen and oxygen atoms in total. The largest absolute Gasteiger partial charge is 0.484 e. The number of amides is 2. The van der Waals surface area contributed by atoms with Crippen molar-refractivity contribution in [3.8, 4) is 5.75 Å². The molecule has 1 atom stereocenters. The number of ether oxygens (including phenoxy) is 1. The summed E-state index contributed by atoms with van der Waals surface area (Å²) in [7, 11) is 2.02. The molecule has 0 fully saturated rings. The van der Waals surface area contributed by atoms with Crippen LogP contribution in [0.2, 0.25) is 5.02 Å². The first-order chi connectivity index (χ1) is 16.8. The quantitative estimate of drug-likeness (QED) is 0.485. The molecule has 0 aromatic heterocycles. The van der Waals surface area contributed by atoms with Gasteiger partial charge < -0.3 is 15.0 Å². The van der Waals surface area contributed by atoms with Crippen LogP contribution in [0.25, 0.3) is 0 Å². The number of hydrogen-bond acceptors (Lipinski definition) is 4. The molecule has 7 heteroatoms. The van der Waals surface area contributed by atoms with Gasteiger partial charge in [-0.3, -0.25) is 14.5 Å². The molecule has 3 aromatic carbocycles. The number of carbonyl (C=O) groups is 2. The van der Waals surface area contributed by atoms with Crippen molar-refractivity contribution in [3.05, 3.63) is 94.5 Å². The van der Waals surface area contributed by atoms with E-state index in [0.29, 0.717) is 47.2 Å². The summed E-state index contributed by atoms with van der Waals surface area (Å²) in [6, 6.07) is 22.0. The van der Waals surface area contributed by atoms with Crippen molar-refractivity contribution in [2.24, 2.45) is 0 Å². The molecule has 0 saturated heterocycles. The minimum Gasteiger partial charge on any atom is -0.484 e. The Morgan fingerprint density at radius 1 is 1.09 bits per heavy atom. The van der Waals surface area contributed by atoms with E-state index in [-0.39, 0.29) is 24.0 Å². The van der Waals surface area contributed by atoms with E-state index in [2.05, 4.69) is 10.2 Å². The van der Waals surface area contributed by atoms with Gasteiger partial charge in [0.25, 0.3) is 11.8 Å². The molecular weight excluding hydrogens is 462 g/mol. The number of halogens is 1. The van der Waals surface area contributed by atoms with Crippen molar-refractivity contribution < 1.29 is 14.3 Å². The number of likely N-dealkylation sites (N-methyl/N-ethyl adjacent to an activating group) is 1. The van der Waals surface area contributed by atoms with Gasteiger partial charge in [0.2, 0.25) is 0 Å². The van der Waals surface area contributed by atoms with Crippen LogP contribution in [0.4, 0.5) is 5.69 Å². The molecule has 35 heavy (non-hydrogen) atoms. The standard InChI is InChI=1S/C28H30ClN3O3/c1-19(2)32-18-23(17-31(3)16-20-12-14-22(29)15-13-20)35-26-24(28(32)34)10-7-11-25(26)30-27(33)21-8-5-4-6-9-21/h4-15,19,23H,16-18H2,1-3H3,(H,30,33)/t23-/m1/s1. The maximum atomic E-state index is 13.4. The monoisotopic (exact) mass is 491 g/mol. The van der Waals surface area contributed by atoms with Crippen LogP contribution in [0.15, 0.2) is 72.8 Å². The van der Waals surface area contributed by atoms with Crippen LogP contribution in [0.5, 0.6) is 5.75 Å². The highest BCUT2D eigenvalue weighted by atomic mass is 35.5. The van der Waals surface area contributed by atoms with Crippen LogP contribution in [0.3, 0.4) is 0 Å². The summed E-state index contributed by atoms with van der Waals surface area (Å²) in [5.74, 6) is 0.0555. The average molecular weight is 492 g/mol. The number of fused-ring (bicyclic) bond motifs is 1. The Bertz CT molecular complexity index is 1180. The van der Waals surface area contributed by atoms with Crippen LogP contribution in [0, 0.1) is 0 Å². The van der Waals surface area contributed by atoms with E-state index in [1.807, 2.05) is 68.3 Å². The molecule has 3 aromatic rings. The fourth-order valence-electron chi connectivity index (χ4n) is 4.23. The zero-order chi connectivity index (χ0) is 24.9. The zero-order valence-corrected chi connectivity index (χ0v) is 21.0. The van der Waals surface area contributed by atoms with E-state index in [9.17, 15) is 9.59 Å². The lowest BCUT2D eigenvalue weighted by atomic mass is 10.1. The summed E-state index contributed by atoms with van der Waals surface area (Å²) in [6.07, 6.45) is -0.283. The first-order valence-corrected chi connectivity index (χ1v) is 12.1. The van der Waals surface area contributed by atoms with E-state index in [1.54, 1.807) is 30.3 Å². The first-order valence-electron chi connectivity index (χ1n) is 11.7. The van der Waals surface area contributed by atoms with Gasteiger partial charge in [-0.25, -0.2) is 0 Å². The summed E-state index contributed by atoms with van der Waals surface area (Å²) < 4.78 is 6.46. The zero-order valence-electron chi connectivity index (χ0n) is 20.2. The lowest BCUT2D eigenvalue weighted by Gasteiger charge is -2.30. The highest BCUT2D eigenvalue weighted by molar-refractivity contribution is 6.30. The maximum absolute atomic E-state index is 13.4. The maximum Gasteiger partial charge on any atom is 0.258 e. The molecule has 0 spiro atoms. The van der Waals surface area contributed by atoms with Crippen LogP contribution in [-0.2, 0) is 6.54 Å². The number of benzene rings is 3. The lowest BCUT2D eigenvalue weighted by molar-refractivity contribution is 0.0605. The van der Waals surface area contributed by atoms with Gasteiger partial charge in [-0.1, -0.05) is 48.0 Å². The number of nitrogens with zero attached hydrogens (tertiary/aromatic N) is 2. The number of para-hydroxylation sites is 1. The summed E-state index contributed by atoms with van der Waals surface area (Å²) in [6.45, 7) is 5.75. The molecule has 1 heterocycles. The van der Waals surface area contributed by atoms with Crippen molar-refractivity contribution in [3.63, 3.8) is 0 Å². The lowest BCUT2D eigenvalue weighted by Crippen LogP contribution is -2.45. The van der Waals surface area contributed by atoms with Crippen LogP contribution < -0.4 is 10.1 Å². The Morgan fingerprint density at radius 3 is 2.49 bits per heavy atom. The predicted octanol–water partition coefficient (Wildman–Crippen LogP) is 5.34. The molecule has 0 aliphatic carbocycles. The molecule has 182 valence electrons. The van der Waals surface area contributed by atoms with E-state index >= 15 is 0 Å². The Morgan fingerprint density at radius 2 is 1.80 bits per heavy atom. The molecule has 1 N–H and O–H groups in total. The number of carbonyl (C=O) groups excluding carboxylic acids is 2. The number of anilines is 1. The Labute approximate surface area is 211 Å². The molecule has 0 saturated carbocycles. The predicted molar refractivity (Wildman–Crippen MR) is 139 cm³/mol.